The van der Waals surface area contributed by atoms with Crippen LogP contribution in [0.25, 0.3) is 0 Å². The molecule has 0 radical (unpaired) electrons. The Labute approximate surface area is 111 Å². The molecule has 0 saturated heterocycles. The molecule has 19 heavy (non-hydrogen) atoms. The third-order valence-corrected chi connectivity index (χ3v) is 2.83. The molecular formula is C14H18F3NO. The van der Waals surface area contributed by atoms with Crippen molar-refractivity contribution in [3.63, 3.8) is 0 Å². The zero-order chi connectivity index (χ0) is 14.8. The lowest BCUT2D eigenvalue weighted by Crippen LogP contribution is -2.37. The van der Waals surface area contributed by atoms with E-state index < -0.39 is 12.1 Å². The predicted molar refractivity (Wildman–Crippen MR) is 67.7 cm³/mol. The van der Waals surface area contributed by atoms with Crippen molar-refractivity contribution in [1.82, 2.24) is 4.90 Å². The number of hydrogen-bond donors (Lipinski definition) is 0. The van der Waals surface area contributed by atoms with Crippen molar-refractivity contribution in [3.8, 4) is 0 Å². The molecule has 0 bridgehead atoms. The third kappa shape index (κ3) is 4.26. The largest absolute Gasteiger partial charge is 0.471 e. The summed E-state index contributed by atoms with van der Waals surface area (Å²) < 4.78 is 36.7. The number of benzene rings is 1. The summed E-state index contributed by atoms with van der Waals surface area (Å²) in [7, 11) is 1.15. The molecular weight excluding hydrogens is 255 g/mol. The van der Waals surface area contributed by atoms with E-state index in [1.807, 2.05) is 12.1 Å². The number of rotatable bonds is 2. The Kier molecular flexibility index (Phi) is 4.28. The van der Waals surface area contributed by atoms with Gasteiger partial charge in [0.25, 0.3) is 0 Å². The van der Waals surface area contributed by atoms with Gasteiger partial charge in [0, 0.05) is 13.6 Å². The molecule has 1 rings (SSSR count). The summed E-state index contributed by atoms with van der Waals surface area (Å²) in [4.78, 5) is 11.7. The fourth-order valence-electron chi connectivity index (χ4n) is 1.67. The van der Waals surface area contributed by atoms with Gasteiger partial charge in [-0.25, -0.2) is 0 Å². The van der Waals surface area contributed by atoms with Gasteiger partial charge >= 0.3 is 12.1 Å². The first-order valence-electron chi connectivity index (χ1n) is 5.93. The molecule has 0 aliphatic rings. The van der Waals surface area contributed by atoms with Crippen LogP contribution in [-0.2, 0) is 16.8 Å². The Morgan fingerprint density at radius 1 is 1.11 bits per heavy atom. The molecule has 1 aromatic rings. The first-order valence-corrected chi connectivity index (χ1v) is 5.93. The van der Waals surface area contributed by atoms with E-state index in [0.717, 1.165) is 12.6 Å². The van der Waals surface area contributed by atoms with Gasteiger partial charge in [-0.1, -0.05) is 45.0 Å². The topological polar surface area (TPSA) is 20.3 Å². The van der Waals surface area contributed by atoms with Gasteiger partial charge in [-0.15, -0.1) is 0 Å². The van der Waals surface area contributed by atoms with E-state index in [0.29, 0.717) is 10.5 Å². The molecule has 0 N–H and O–H groups in total. The van der Waals surface area contributed by atoms with E-state index in [1.54, 1.807) is 12.1 Å². The van der Waals surface area contributed by atoms with E-state index in [-0.39, 0.29) is 12.0 Å². The second-order valence-corrected chi connectivity index (χ2v) is 5.61. The number of carbonyl (C=O) groups is 1. The average molecular weight is 273 g/mol. The first kappa shape index (κ1) is 15.5. The highest BCUT2D eigenvalue weighted by Crippen LogP contribution is 2.23. The van der Waals surface area contributed by atoms with Gasteiger partial charge in [-0.2, -0.15) is 13.2 Å². The lowest BCUT2D eigenvalue weighted by Gasteiger charge is -2.21. The van der Waals surface area contributed by atoms with E-state index in [9.17, 15) is 18.0 Å². The van der Waals surface area contributed by atoms with Crippen LogP contribution < -0.4 is 0 Å². The Balaban J connectivity index is 2.77. The maximum absolute atomic E-state index is 12.2. The normalized spacial score (nSPS) is 12.4. The number of hydrogen-bond acceptors (Lipinski definition) is 1. The SMILES string of the molecule is CN(Cc1ccc(C(C)(C)C)cc1)C(=O)C(F)(F)F. The van der Waals surface area contributed by atoms with Crippen LogP contribution in [0.15, 0.2) is 24.3 Å². The maximum atomic E-state index is 12.2. The fraction of sp³-hybridized carbons (Fsp3) is 0.500. The molecule has 0 spiro atoms. The Hall–Kier alpha value is -1.52. The summed E-state index contributed by atoms with van der Waals surface area (Å²) in [5.74, 6) is -1.83. The average Bonchev–Trinajstić information content (AvgIpc) is 2.26. The van der Waals surface area contributed by atoms with Gasteiger partial charge in [0.1, 0.15) is 0 Å². The summed E-state index contributed by atoms with van der Waals surface area (Å²) in [6, 6.07) is 7.25. The van der Waals surface area contributed by atoms with Crippen molar-refractivity contribution in [1.29, 1.82) is 0 Å². The second kappa shape index (κ2) is 5.23. The van der Waals surface area contributed by atoms with Crippen LogP contribution >= 0.6 is 0 Å². The van der Waals surface area contributed by atoms with E-state index in [1.165, 1.54) is 0 Å². The molecule has 1 aromatic carbocycles. The predicted octanol–water partition coefficient (Wildman–Crippen LogP) is 3.50. The first-order chi connectivity index (χ1) is 8.51. The molecule has 5 heteroatoms. The molecule has 0 heterocycles. The molecule has 106 valence electrons. The molecule has 0 aliphatic carbocycles. The van der Waals surface area contributed by atoms with Gasteiger partial charge in [-0.05, 0) is 16.5 Å². The van der Waals surface area contributed by atoms with Crippen molar-refractivity contribution < 1.29 is 18.0 Å². The minimum absolute atomic E-state index is 0.00772. The van der Waals surface area contributed by atoms with Gasteiger partial charge in [-0.3, -0.25) is 4.79 Å². The molecule has 0 unspecified atom stereocenters. The number of nitrogens with zero attached hydrogens (tertiary/aromatic N) is 1. The van der Waals surface area contributed by atoms with Gasteiger partial charge in [0.2, 0.25) is 0 Å². The van der Waals surface area contributed by atoms with Crippen molar-refractivity contribution in [2.45, 2.75) is 38.9 Å². The zero-order valence-electron chi connectivity index (χ0n) is 11.5. The van der Waals surface area contributed by atoms with Crippen LogP contribution in [0.5, 0.6) is 0 Å². The molecule has 2 nitrogen and oxygen atoms in total. The number of amides is 1. The zero-order valence-corrected chi connectivity index (χ0v) is 11.5. The van der Waals surface area contributed by atoms with Crippen LogP contribution in [0.3, 0.4) is 0 Å². The van der Waals surface area contributed by atoms with Crippen LogP contribution in [0.2, 0.25) is 0 Å². The lowest BCUT2D eigenvalue weighted by molar-refractivity contribution is -0.184. The second-order valence-electron chi connectivity index (χ2n) is 5.61. The minimum Gasteiger partial charge on any atom is -0.334 e. The fourth-order valence-corrected chi connectivity index (χ4v) is 1.67. The molecule has 0 fully saturated rings. The van der Waals surface area contributed by atoms with Crippen LogP contribution in [0.4, 0.5) is 13.2 Å². The highest BCUT2D eigenvalue weighted by Gasteiger charge is 2.41. The monoisotopic (exact) mass is 273 g/mol. The highest BCUT2D eigenvalue weighted by atomic mass is 19.4. The standard InChI is InChI=1S/C14H18F3NO/c1-13(2,3)11-7-5-10(6-8-11)9-18(4)12(19)14(15,16)17/h5-8H,9H2,1-4H3. The number of carbonyl (C=O) groups excluding carboxylic acids is 1. The van der Waals surface area contributed by atoms with Crippen molar-refractivity contribution in [3.05, 3.63) is 35.4 Å². The van der Waals surface area contributed by atoms with E-state index in [2.05, 4.69) is 20.8 Å². The lowest BCUT2D eigenvalue weighted by atomic mass is 9.87. The highest BCUT2D eigenvalue weighted by molar-refractivity contribution is 5.81. The van der Waals surface area contributed by atoms with E-state index >= 15 is 0 Å². The van der Waals surface area contributed by atoms with E-state index in [4.69, 9.17) is 0 Å². The maximum Gasteiger partial charge on any atom is 0.471 e. The Bertz CT molecular complexity index is 443. The summed E-state index contributed by atoms with van der Waals surface area (Å²) in [5, 5.41) is 0. The van der Waals surface area contributed by atoms with Crippen molar-refractivity contribution in [2.75, 3.05) is 7.05 Å². The molecule has 0 atom stereocenters. The van der Waals surface area contributed by atoms with Gasteiger partial charge in [0.15, 0.2) is 0 Å². The molecule has 0 saturated carbocycles. The summed E-state index contributed by atoms with van der Waals surface area (Å²) in [6.07, 6.45) is -4.82. The summed E-state index contributed by atoms with van der Waals surface area (Å²) in [5.41, 5.74) is 1.76. The molecule has 0 aliphatic heterocycles. The Morgan fingerprint density at radius 3 is 1.95 bits per heavy atom. The van der Waals surface area contributed by atoms with Crippen LogP contribution in [0.1, 0.15) is 31.9 Å². The Morgan fingerprint density at radius 2 is 1.58 bits per heavy atom. The van der Waals surface area contributed by atoms with Crippen LogP contribution in [0, 0.1) is 0 Å². The number of alkyl halides is 3. The van der Waals surface area contributed by atoms with Crippen LogP contribution in [-0.4, -0.2) is 24.0 Å². The van der Waals surface area contributed by atoms with Gasteiger partial charge < -0.3 is 4.90 Å². The van der Waals surface area contributed by atoms with Crippen molar-refractivity contribution >= 4 is 5.91 Å². The molecule has 1 amide bonds. The quantitative estimate of drug-likeness (QED) is 0.807. The van der Waals surface area contributed by atoms with Gasteiger partial charge in [0.05, 0.1) is 0 Å². The smallest absolute Gasteiger partial charge is 0.334 e. The minimum atomic E-state index is -4.82. The summed E-state index contributed by atoms with van der Waals surface area (Å²) >= 11 is 0. The third-order valence-electron chi connectivity index (χ3n) is 2.83. The number of halogens is 3. The molecule has 0 aromatic heterocycles. The van der Waals surface area contributed by atoms with Crippen molar-refractivity contribution in [2.24, 2.45) is 0 Å². The summed E-state index contributed by atoms with van der Waals surface area (Å²) in [6.45, 7) is 6.12.